The molecular weight excluding hydrogens is 478 g/mol. The van der Waals surface area contributed by atoms with Crippen molar-refractivity contribution < 1.29 is 29.3 Å². The molecule has 3 aromatic rings. The molecule has 8 heteroatoms. The minimum Gasteiger partial charge on any atom is -0.497 e. The van der Waals surface area contributed by atoms with Crippen LogP contribution in [0.3, 0.4) is 0 Å². The van der Waals surface area contributed by atoms with E-state index in [9.17, 15) is 9.59 Å². The normalized spacial score (nSPS) is 10.9. The number of rotatable bonds is 14. The van der Waals surface area contributed by atoms with Crippen LogP contribution in [0, 0.1) is 0 Å². The molecule has 0 aliphatic carbocycles. The number of hydrogen-bond donors (Lipinski definition) is 2. The molecule has 0 spiro atoms. The molecule has 3 rings (SSSR count). The van der Waals surface area contributed by atoms with Crippen LogP contribution in [0.25, 0.3) is 6.08 Å². The van der Waals surface area contributed by atoms with Gasteiger partial charge in [0, 0.05) is 17.6 Å². The van der Waals surface area contributed by atoms with Crippen molar-refractivity contribution in [3.05, 3.63) is 94.8 Å². The van der Waals surface area contributed by atoms with Gasteiger partial charge in [-0.1, -0.05) is 24.3 Å². The van der Waals surface area contributed by atoms with Crippen LogP contribution in [0.2, 0.25) is 0 Å². The fourth-order valence-corrected chi connectivity index (χ4v) is 4.30. The Hall–Kier alpha value is -3.78. The van der Waals surface area contributed by atoms with E-state index in [2.05, 4.69) is 17.1 Å². The number of aromatic nitrogens is 1. The molecular formula is C28H29NO6S. The third-order valence-electron chi connectivity index (χ3n) is 5.32. The van der Waals surface area contributed by atoms with Gasteiger partial charge < -0.3 is 19.7 Å². The van der Waals surface area contributed by atoms with E-state index in [-0.39, 0.29) is 5.56 Å². The number of unbranched alkanes of at least 4 members (excludes halogenated alkanes) is 1. The van der Waals surface area contributed by atoms with Gasteiger partial charge >= 0.3 is 11.9 Å². The monoisotopic (exact) mass is 507 g/mol. The highest BCUT2D eigenvalue weighted by Gasteiger charge is 2.07. The van der Waals surface area contributed by atoms with E-state index in [0.29, 0.717) is 29.6 Å². The summed E-state index contributed by atoms with van der Waals surface area (Å²) in [6.07, 6.45) is 5.26. The zero-order chi connectivity index (χ0) is 25.8. The summed E-state index contributed by atoms with van der Waals surface area (Å²) in [6.45, 7) is 0.506. The van der Waals surface area contributed by atoms with E-state index in [1.165, 1.54) is 11.6 Å². The summed E-state index contributed by atoms with van der Waals surface area (Å²) >= 11 is 1.64. The van der Waals surface area contributed by atoms with Crippen molar-refractivity contribution in [2.45, 2.75) is 30.8 Å². The highest BCUT2D eigenvalue weighted by molar-refractivity contribution is 7.97. The van der Waals surface area contributed by atoms with Gasteiger partial charge in [0.1, 0.15) is 17.2 Å². The lowest BCUT2D eigenvalue weighted by Gasteiger charge is -2.11. The third kappa shape index (κ3) is 8.78. The number of nitrogens with zero attached hydrogens (tertiary/aromatic N) is 1. The van der Waals surface area contributed by atoms with Gasteiger partial charge in [-0.15, -0.1) is 0 Å². The number of methoxy groups -OCH3 is 1. The van der Waals surface area contributed by atoms with Crippen molar-refractivity contribution in [1.29, 1.82) is 0 Å². The van der Waals surface area contributed by atoms with Crippen molar-refractivity contribution in [2.75, 3.05) is 13.7 Å². The Balaban J connectivity index is 1.52. The molecule has 0 aliphatic rings. The number of carboxylic acids is 2. The lowest BCUT2D eigenvalue weighted by Crippen LogP contribution is -2.02. The standard InChI is InChI=1S/C28H29NO6S/c1-34-24-12-7-20(8-13-24)4-2-3-17-35-26-15-11-23(29-25(26)14-16-27(30)31)19-36-18-21-5-9-22(10-6-21)28(32)33/h5-16H,2-4,17-19H2,1H3,(H,30,31)(H,32,33). The van der Waals surface area contributed by atoms with Crippen molar-refractivity contribution in [3.8, 4) is 11.5 Å². The maximum atomic E-state index is 11.0. The SMILES string of the molecule is COc1ccc(CCCCOc2ccc(CSCc3ccc(C(=O)O)cc3)nc2C=CC(=O)O)cc1. The number of carbonyl (C=O) groups is 2. The van der Waals surface area contributed by atoms with Gasteiger partial charge in [-0.3, -0.25) is 0 Å². The molecule has 0 radical (unpaired) electrons. The molecule has 0 saturated heterocycles. The van der Waals surface area contributed by atoms with E-state index >= 15 is 0 Å². The molecule has 0 amide bonds. The first-order chi connectivity index (χ1) is 17.4. The zero-order valence-electron chi connectivity index (χ0n) is 20.1. The molecule has 0 saturated carbocycles. The number of aromatic carboxylic acids is 1. The van der Waals surface area contributed by atoms with Crippen molar-refractivity contribution >= 4 is 29.8 Å². The molecule has 2 aromatic carbocycles. The molecule has 188 valence electrons. The summed E-state index contributed by atoms with van der Waals surface area (Å²) in [5.41, 5.74) is 3.81. The van der Waals surface area contributed by atoms with Crippen molar-refractivity contribution in [1.82, 2.24) is 4.98 Å². The molecule has 1 heterocycles. The van der Waals surface area contributed by atoms with Crippen molar-refractivity contribution in [2.24, 2.45) is 0 Å². The third-order valence-corrected chi connectivity index (χ3v) is 6.36. The second-order valence-electron chi connectivity index (χ2n) is 8.01. The van der Waals surface area contributed by atoms with E-state index in [0.717, 1.165) is 42.3 Å². The number of pyridine rings is 1. The number of aryl methyl sites for hydroxylation is 1. The van der Waals surface area contributed by atoms with E-state index in [1.54, 1.807) is 43.1 Å². The quantitative estimate of drug-likeness (QED) is 0.211. The zero-order valence-corrected chi connectivity index (χ0v) is 20.9. The number of carboxylic acid groups (broad SMARTS) is 2. The van der Waals surface area contributed by atoms with E-state index in [4.69, 9.17) is 19.7 Å². The Morgan fingerprint density at radius 1 is 0.917 bits per heavy atom. The first-order valence-corrected chi connectivity index (χ1v) is 12.7. The maximum Gasteiger partial charge on any atom is 0.335 e. The summed E-state index contributed by atoms with van der Waals surface area (Å²) in [6, 6.07) is 18.5. The lowest BCUT2D eigenvalue weighted by molar-refractivity contribution is -0.131. The summed E-state index contributed by atoms with van der Waals surface area (Å²) in [7, 11) is 1.65. The Bertz CT molecular complexity index is 1180. The highest BCUT2D eigenvalue weighted by Crippen LogP contribution is 2.23. The van der Waals surface area contributed by atoms with Crippen LogP contribution in [0.5, 0.6) is 11.5 Å². The second kappa shape index (κ2) is 13.9. The molecule has 0 aliphatic heterocycles. The van der Waals surface area contributed by atoms with Crippen molar-refractivity contribution in [3.63, 3.8) is 0 Å². The second-order valence-corrected chi connectivity index (χ2v) is 8.99. The van der Waals surface area contributed by atoms with Crippen LogP contribution in [-0.2, 0) is 22.7 Å². The Kier molecular flexibility index (Phi) is 10.4. The number of aliphatic carboxylic acids is 1. The molecule has 1 aromatic heterocycles. The molecule has 36 heavy (non-hydrogen) atoms. The van der Waals surface area contributed by atoms with Gasteiger partial charge in [-0.05, 0) is 72.9 Å². The topological polar surface area (TPSA) is 106 Å². The number of benzene rings is 2. The maximum absolute atomic E-state index is 11.0. The molecule has 0 atom stereocenters. The largest absolute Gasteiger partial charge is 0.497 e. The number of thioether (sulfide) groups is 1. The van der Waals surface area contributed by atoms with Crippen LogP contribution >= 0.6 is 11.8 Å². The number of ether oxygens (including phenoxy) is 2. The van der Waals surface area contributed by atoms with E-state index < -0.39 is 11.9 Å². The average molecular weight is 508 g/mol. The molecule has 7 nitrogen and oxygen atoms in total. The first-order valence-electron chi connectivity index (χ1n) is 11.5. The van der Waals surface area contributed by atoms with Gasteiger partial charge in [0.05, 0.1) is 25.0 Å². The van der Waals surface area contributed by atoms with Crippen LogP contribution in [-0.4, -0.2) is 40.9 Å². The minimum atomic E-state index is -1.05. The predicted octanol–water partition coefficient (Wildman–Crippen LogP) is 5.72. The average Bonchev–Trinajstić information content (AvgIpc) is 2.88. The Morgan fingerprint density at radius 2 is 1.64 bits per heavy atom. The lowest BCUT2D eigenvalue weighted by atomic mass is 10.1. The van der Waals surface area contributed by atoms with Crippen LogP contribution in [0.4, 0.5) is 0 Å². The summed E-state index contributed by atoms with van der Waals surface area (Å²) in [5.74, 6) is 0.722. The number of hydrogen-bond acceptors (Lipinski definition) is 6. The molecule has 0 fully saturated rings. The first kappa shape index (κ1) is 26.8. The fraction of sp³-hybridized carbons (Fsp3) is 0.250. The summed E-state index contributed by atoms with van der Waals surface area (Å²) in [5, 5.41) is 18.0. The van der Waals surface area contributed by atoms with Crippen LogP contribution < -0.4 is 9.47 Å². The molecule has 0 unspecified atom stereocenters. The van der Waals surface area contributed by atoms with Gasteiger partial charge in [0.15, 0.2) is 0 Å². The predicted molar refractivity (Wildman–Crippen MR) is 141 cm³/mol. The smallest absolute Gasteiger partial charge is 0.335 e. The summed E-state index contributed by atoms with van der Waals surface area (Å²) in [4.78, 5) is 26.6. The van der Waals surface area contributed by atoms with Crippen LogP contribution in [0.15, 0.2) is 66.7 Å². The molecule has 2 N–H and O–H groups in total. The van der Waals surface area contributed by atoms with Crippen LogP contribution in [0.1, 0.15) is 45.7 Å². The molecule has 0 bridgehead atoms. The van der Waals surface area contributed by atoms with Gasteiger partial charge in [0.2, 0.25) is 0 Å². The Labute approximate surface area is 214 Å². The highest BCUT2D eigenvalue weighted by atomic mass is 32.2. The fourth-order valence-electron chi connectivity index (χ4n) is 3.40. The van der Waals surface area contributed by atoms with E-state index in [1.807, 2.05) is 24.3 Å². The van der Waals surface area contributed by atoms with Gasteiger partial charge in [0.25, 0.3) is 0 Å². The minimum absolute atomic E-state index is 0.261. The van der Waals surface area contributed by atoms with Gasteiger partial charge in [-0.25, -0.2) is 14.6 Å². The Morgan fingerprint density at radius 3 is 2.31 bits per heavy atom. The summed E-state index contributed by atoms with van der Waals surface area (Å²) < 4.78 is 11.1. The van der Waals surface area contributed by atoms with Gasteiger partial charge in [-0.2, -0.15) is 11.8 Å².